The molecule has 4 heteroatoms. The average molecular weight is 282 g/mol. The zero-order chi connectivity index (χ0) is 14.0. The van der Waals surface area contributed by atoms with Gasteiger partial charge in [-0.1, -0.05) is 32.4 Å². The lowest BCUT2D eigenvalue weighted by atomic mass is 9.79. The van der Waals surface area contributed by atoms with Gasteiger partial charge in [-0.15, -0.1) is 0 Å². The molecule has 1 aliphatic rings. The predicted molar refractivity (Wildman–Crippen MR) is 80.7 cm³/mol. The molecule has 0 aliphatic heterocycles. The number of nitrogens with zero attached hydrogens (tertiary/aromatic N) is 2. The van der Waals surface area contributed by atoms with Crippen LogP contribution >= 0.6 is 11.6 Å². The van der Waals surface area contributed by atoms with Crippen LogP contribution in [0.2, 0.25) is 5.15 Å². The van der Waals surface area contributed by atoms with E-state index < -0.39 is 0 Å². The third-order valence-corrected chi connectivity index (χ3v) is 4.76. The van der Waals surface area contributed by atoms with E-state index in [1.807, 2.05) is 6.92 Å². The second-order valence-electron chi connectivity index (χ2n) is 5.87. The van der Waals surface area contributed by atoms with Crippen LogP contribution in [0.3, 0.4) is 0 Å². The minimum absolute atomic E-state index is 0.514. The van der Waals surface area contributed by atoms with Crippen molar-refractivity contribution in [1.29, 1.82) is 0 Å². The maximum absolute atomic E-state index is 6.18. The second kappa shape index (κ2) is 6.08. The van der Waals surface area contributed by atoms with E-state index in [2.05, 4.69) is 36.1 Å². The molecule has 1 aromatic heterocycles. The van der Waals surface area contributed by atoms with E-state index >= 15 is 0 Å². The van der Waals surface area contributed by atoms with Crippen molar-refractivity contribution in [3.8, 4) is 0 Å². The third kappa shape index (κ3) is 3.38. The van der Waals surface area contributed by atoms with Crippen LogP contribution in [-0.4, -0.2) is 16.0 Å². The van der Waals surface area contributed by atoms with Crippen molar-refractivity contribution in [1.82, 2.24) is 9.97 Å². The Hall–Kier alpha value is -0.830. The Morgan fingerprint density at radius 1 is 1.21 bits per heavy atom. The molecular weight excluding hydrogens is 258 g/mol. The van der Waals surface area contributed by atoms with Gasteiger partial charge in [0.15, 0.2) is 0 Å². The van der Waals surface area contributed by atoms with Gasteiger partial charge in [-0.05, 0) is 38.0 Å². The molecule has 0 aromatic carbocycles. The first-order valence-corrected chi connectivity index (χ1v) is 7.68. The first-order chi connectivity index (χ1) is 9.01. The molecule has 1 aliphatic carbocycles. The van der Waals surface area contributed by atoms with Gasteiger partial charge in [-0.3, -0.25) is 0 Å². The van der Waals surface area contributed by atoms with Crippen LogP contribution < -0.4 is 5.32 Å². The largest absolute Gasteiger partial charge is 0.367 e. The van der Waals surface area contributed by atoms with E-state index in [9.17, 15) is 0 Å². The van der Waals surface area contributed by atoms with Crippen LogP contribution in [0.25, 0.3) is 0 Å². The summed E-state index contributed by atoms with van der Waals surface area (Å²) in [6, 6.07) is 0.514. The highest BCUT2D eigenvalue weighted by atomic mass is 35.5. The fourth-order valence-electron chi connectivity index (χ4n) is 2.70. The van der Waals surface area contributed by atoms with E-state index in [4.69, 9.17) is 11.6 Å². The van der Waals surface area contributed by atoms with Crippen molar-refractivity contribution < 1.29 is 0 Å². The van der Waals surface area contributed by atoms with Crippen LogP contribution in [-0.2, 0) is 6.42 Å². The lowest BCUT2D eigenvalue weighted by Gasteiger charge is -2.33. The molecule has 1 heterocycles. The number of hydrogen-bond acceptors (Lipinski definition) is 3. The quantitative estimate of drug-likeness (QED) is 0.842. The minimum atomic E-state index is 0.514. The molecule has 1 aromatic rings. The third-order valence-electron chi connectivity index (χ3n) is 4.39. The number of halogens is 1. The fourth-order valence-corrected chi connectivity index (χ4v) is 2.89. The fraction of sp³-hybridized carbons (Fsp3) is 0.733. The SMILES string of the molecule is CCc1nc(Cl)c(C)c(NC2CCC(C)C(C)C2)n1. The first kappa shape index (κ1) is 14.6. The summed E-state index contributed by atoms with van der Waals surface area (Å²) in [4.78, 5) is 8.87. The van der Waals surface area contributed by atoms with Crippen molar-refractivity contribution in [3.05, 3.63) is 16.5 Å². The predicted octanol–water partition coefficient (Wildman–Crippen LogP) is 4.24. The van der Waals surface area contributed by atoms with Gasteiger partial charge < -0.3 is 5.32 Å². The number of anilines is 1. The molecular formula is C15H24ClN3. The standard InChI is InChI=1S/C15H24ClN3/c1-5-13-18-14(16)11(4)15(19-13)17-12-7-6-9(2)10(3)8-12/h9-10,12H,5-8H2,1-4H3,(H,17,18,19). The number of aromatic nitrogens is 2. The topological polar surface area (TPSA) is 37.8 Å². The van der Waals surface area contributed by atoms with Gasteiger partial charge in [-0.25, -0.2) is 9.97 Å². The summed E-state index contributed by atoms with van der Waals surface area (Å²) in [5, 5.41) is 4.16. The van der Waals surface area contributed by atoms with Crippen LogP contribution in [0.5, 0.6) is 0 Å². The molecule has 0 spiro atoms. The summed E-state index contributed by atoms with van der Waals surface area (Å²) < 4.78 is 0. The van der Waals surface area contributed by atoms with E-state index in [0.29, 0.717) is 11.2 Å². The summed E-state index contributed by atoms with van der Waals surface area (Å²) in [5.41, 5.74) is 0.963. The van der Waals surface area contributed by atoms with Gasteiger partial charge in [0.25, 0.3) is 0 Å². The van der Waals surface area contributed by atoms with E-state index in [-0.39, 0.29) is 0 Å². The van der Waals surface area contributed by atoms with Crippen LogP contribution in [0.15, 0.2) is 0 Å². The number of rotatable bonds is 3. The van der Waals surface area contributed by atoms with Gasteiger partial charge in [0.1, 0.15) is 16.8 Å². The average Bonchev–Trinajstić information content (AvgIpc) is 2.39. The Morgan fingerprint density at radius 3 is 2.58 bits per heavy atom. The molecule has 0 amide bonds. The lowest BCUT2D eigenvalue weighted by molar-refractivity contribution is 0.260. The smallest absolute Gasteiger partial charge is 0.137 e. The molecule has 1 N–H and O–H groups in total. The highest BCUT2D eigenvalue weighted by molar-refractivity contribution is 6.30. The van der Waals surface area contributed by atoms with E-state index in [1.165, 1.54) is 19.3 Å². The zero-order valence-corrected chi connectivity index (χ0v) is 13.1. The normalized spacial score (nSPS) is 27.3. The van der Waals surface area contributed by atoms with Crippen molar-refractivity contribution >= 4 is 17.4 Å². The molecule has 0 saturated heterocycles. The van der Waals surface area contributed by atoms with Crippen LogP contribution in [0, 0.1) is 18.8 Å². The molecule has 106 valence electrons. The molecule has 2 rings (SSSR count). The zero-order valence-electron chi connectivity index (χ0n) is 12.3. The summed E-state index contributed by atoms with van der Waals surface area (Å²) in [7, 11) is 0. The van der Waals surface area contributed by atoms with E-state index in [0.717, 1.165) is 35.5 Å². The summed E-state index contributed by atoms with van der Waals surface area (Å²) in [6.07, 6.45) is 4.53. The maximum atomic E-state index is 6.18. The van der Waals surface area contributed by atoms with Crippen LogP contribution in [0.1, 0.15) is 51.4 Å². The molecule has 19 heavy (non-hydrogen) atoms. The number of aryl methyl sites for hydroxylation is 1. The molecule has 0 bridgehead atoms. The Bertz CT molecular complexity index is 447. The first-order valence-electron chi connectivity index (χ1n) is 7.30. The van der Waals surface area contributed by atoms with Gasteiger partial charge in [-0.2, -0.15) is 0 Å². The summed E-state index contributed by atoms with van der Waals surface area (Å²) >= 11 is 6.18. The lowest BCUT2D eigenvalue weighted by Crippen LogP contribution is -2.31. The van der Waals surface area contributed by atoms with Gasteiger partial charge in [0.05, 0.1) is 0 Å². The van der Waals surface area contributed by atoms with Gasteiger partial charge in [0, 0.05) is 18.0 Å². The Kier molecular flexibility index (Phi) is 4.67. The summed E-state index contributed by atoms with van der Waals surface area (Å²) in [5.74, 6) is 3.34. The van der Waals surface area contributed by atoms with Gasteiger partial charge in [0.2, 0.25) is 0 Å². The van der Waals surface area contributed by atoms with Crippen molar-refractivity contribution in [2.75, 3.05) is 5.32 Å². The monoisotopic (exact) mass is 281 g/mol. The number of hydrogen-bond donors (Lipinski definition) is 1. The highest BCUT2D eigenvalue weighted by Crippen LogP contribution is 2.31. The number of nitrogens with one attached hydrogen (secondary N) is 1. The highest BCUT2D eigenvalue weighted by Gasteiger charge is 2.25. The Balaban J connectivity index is 2.12. The minimum Gasteiger partial charge on any atom is -0.367 e. The van der Waals surface area contributed by atoms with Gasteiger partial charge >= 0.3 is 0 Å². The van der Waals surface area contributed by atoms with E-state index in [1.54, 1.807) is 0 Å². The molecule has 3 nitrogen and oxygen atoms in total. The molecule has 3 atom stereocenters. The van der Waals surface area contributed by atoms with Crippen molar-refractivity contribution in [3.63, 3.8) is 0 Å². The summed E-state index contributed by atoms with van der Waals surface area (Å²) in [6.45, 7) is 8.73. The Morgan fingerprint density at radius 2 is 1.95 bits per heavy atom. The molecule has 1 fully saturated rings. The Labute approximate surface area is 121 Å². The second-order valence-corrected chi connectivity index (χ2v) is 6.22. The van der Waals surface area contributed by atoms with Crippen molar-refractivity contribution in [2.24, 2.45) is 11.8 Å². The van der Waals surface area contributed by atoms with Crippen LogP contribution in [0.4, 0.5) is 5.82 Å². The van der Waals surface area contributed by atoms with Crippen molar-refractivity contribution in [2.45, 2.75) is 59.4 Å². The molecule has 3 unspecified atom stereocenters. The molecule has 0 radical (unpaired) electrons. The maximum Gasteiger partial charge on any atom is 0.137 e. The molecule has 1 saturated carbocycles.